The second-order valence-electron chi connectivity index (χ2n) is 5.77. The fourth-order valence-electron chi connectivity index (χ4n) is 2.54. The Morgan fingerprint density at radius 2 is 1.96 bits per heavy atom. The standard InChI is InChI=1S/C18H15N3O6/c22-16(6-3-7-17(23)24)19-13-5-2-1-4-12(13)18-20-14-10-11(21(25)26)8-9-15(14)27-18/h1-2,4-5,8-10H,3,6-7H2,(H,19,22)(H,23,24). The van der Waals surface area contributed by atoms with Crippen LogP contribution in [0.2, 0.25) is 0 Å². The summed E-state index contributed by atoms with van der Waals surface area (Å²) in [7, 11) is 0. The maximum atomic E-state index is 12.0. The summed E-state index contributed by atoms with van der Waals surface area (Å²) in [6.45, 7) is 0. The summed E-state index contributed by atoms with van der Waals surface area (Å²) in [6.07, 6.45) is 0.218. The van der Waals surface area contributed by atoms with E-state index in [1.807, 2.05) is 0 Å². The van der Waals surface area contributed by atoms with Gasteiger partial charge in [-0.15, -0.1) is 0 Å². The number of fused-ring (bicyclic) bond motifs is 1. The van der Waals surface area contributed by atoms with Gasteiger partial charge in [-0.25, -0.2) is 4.98 Å². The highest BCUT2D eigenvalue weighted by atomic mass is 16.6. The fourth-order valence-corrected chi connectivity index (χ4v) is 2.54. The number of nitro groups is 1. The van der Waals surface area contributed by atoms with Crippen molar-refractivity contribution in [3.05, 3.63) is 52.6 Å². The minimum atomic E-state index is -0.955. The molecule has 0 atom stereocenters. The number of hydrogen-bond donors (Lipinski definition) is 2. The number of para-hydroxylation sites is 1. The SMILES string of the molecule is O=C(O)CCCC(=O)Nc1ccccc1-c1nc2cc([N+](=O)[O-])ccc2o1. The number of benzene rings is 2. The molecule has 1 amide bonds. The number of carboxylic acids is 1. The van der Waals surface area contributed by atoms with Gasteiger partial charge < -0.3 is 14.8 Å². The number of amides is 1. The second-order valence-corrected chi connectivity index (χ2v) is 5.77. The number of carbonyl (C=O) groups is 2. The summed E-state index contributed by atoms with van der Waals surface area (Å²) in [5, 5.41) is 22.2. The first-order valence-electron chi connectivity index (χ1n) is 8.10. The van der Waals surface area contributed by atoms with E-state index in [2.05, 4.69) is 10.3 Å². The molecule has 0 saturated heterocycles. The lowest BCUT2D eigenvalue weighted by Gasteiger charge is -2.08. The van der Waals surface area contributed by atoms with Gasteiger partial charge in [-0.1, -0.05) is 12.1 Å². The van der Waals surface area contributed by atoms with Gasteiger partial charge in [0, 0.05) is 25.0 Å². The van der Waals surface area contributed by atoms with Crippen molar-refractivity contribution in [2.45, 2.75) is 19.3 Å². The monoisotopic (exact) mass is 369 g/mol. The third-order valence-corrected chi connectivity index (χ3v) is 3.81. The van der Waals surface area contributed by atoms with E-state index < -0.39 is 10.9 Å². The molecule has 27 heavy (non-hydrogen) atoms. The zero-order valence-electron chi connectivity index (χ0n) is 14.0. The Balaban J connectivity index is 1.85. The van der Waals surface area contributed by atoms with Crippen LogP contribution in [0.3, 0.4) is 0 Å². The van der Waals surface area contributed by atoms with Crippen molar-refractivity contribution in [3.8, 4) is 11.5 Å². The van der Waals surface area contributed by atoms with E-state index in [0.717, 1.165) is 0 Å². The van der Waals surface area contributed by atoms with Crippen LogP contribution in [0.4, 0.5) is 11.4 Å². The molecule has 0 unspecified atom stereocenters. The molecule has 9 heteroatoms. The Bertz CT molecular complexity index is 1030. The Morgan fingerprint density at radius 3 is 2.70 bits per heavy atom. The summed E-state index contributed by atoms with van der Waals surface area (Å²) in [5.74, 6) is -1.06. The van der Waals surface area contributed by atoms with Crippen LogP contribution in [0.1, 0.15) is 19.3 Å². The molecule has 3 rings (SSSR count). The highest BCUT2D eigenvalue weighted by Gasteiger charge is 2.16. The molecule has 0 aliphatic rings. The van der Waals surface area contributed by atoms with E-state index in [0.29, 0.717) is 22.4 Å². The lowest BCUT2D eigenvalue weighted by Crippen LogP contribution is -2.12. The first-order chi connectivity index (χ1) is 12.9. The van der Waals surface area contributed by atoms with Crippen LogP contribution in [0.25, 0.3) is 22.6 Å². The van der Waals surface area contributed by atoms with Crippen LogP contribution in [-0.2, 0) is 9.59 Å². The zero-order valence-corrected chi connectivity index (χ0v) is 14.0. The molecule has 2 N–H and O–H groups in total. The van der Waals surface area contributed by atoms with Gasteiger partial charge in [0.05, 0.1) is 16.2 Å². The minimum absolute atomic E-state index is 0.0698. The van der Waals surface area contributed by atoms with Gasteiger partial charge >= 0.3 is 5.97 Å². The van der Waals surface area contributed by atoms with Crippen LogP contribution in [-0.4, -0.2) is 26.9 Å². The molecule has 0 spiro atoms. The van der Waals surface area contributed by atoms with Crippen molar-refractivity contribution in [2.75, 3.05) is 5.32 Å². The number of anilines is 1. The largest absolute Gasteiger partial charge is 0.481 e. The molecule has 0 fully saturated rings. The predicted octanol–water partition coefficient (Wildman–Crippen LogP) is 3.60. The number of nitrogens with zero attached hydrogens (tertiary/aromatic N) is 2. The molecule has 0 aliphatic heterocycles. The lowest BCUT2D eigenvalue weighted by atomic mass is 10.1. The molecular formula is C18H15N3O6. The summed E-state index contributed by atoms with van der Waals surface area (Å²) in [6, 6.07) is 10.9. The van der Waals surface area contributed by atoms with Crippen molar-refractivity contribution in [3.63, 3.8) is 0 Å². The zero-order chi connectivity index (χ0) is 19.4. The number of oxazole rings is 1. The van der Waals surface area contributed by atoms with Crippen LogP contribution in [0.5, 0.6) is 0 Å². The average Bonchev–Trinajstić information content (AvgIpc) is 3.04. The number of carboxylic acid groups (broad SMARTS) is 1. The number of hydrogen-bond acceptors (Lipinski definition) is 6. The Kier molecular flexibility index (Phi) is 5.11. The second kappa shape index (κ2) is 7.65. The van der Waals surface area contributed by atoms with Gasteiger partial charge in [0.25, 0.3) is 5.69 Å². The number of aliphatic carboxylic acids is 1. The topological polar surface area (TPSA) is 136 Å². The number of carbonyl (C=O) groups excluding carboxylic acids is 1. The first kappa shape index (κ1) is 18.1. The summed E-state index contributed by atoms with van der Waals surface area (Å²) in [4.78, 5) is 37.2. The fraction of sp³-hybridized carbons (Fsp3) is 0.167. The van der Waals surface area contributed by atoms with E-state index in [4.69, 9.17) is 9.52 Å². The number of aromatic nitrogens is 1. The Labute approximate surface area is 152 Å². The average molecular weight is 369 g/mol. The summed E-state index contributed by atoms with van der Waals surface area (Å²) < 4.78 is 5.66. The van der Waals surface area contributed by atoms with Crippen LogP contribution < -0.4 is 5.32 Å². The third-order valence-electron chi connectivity index (χ3n) is 3.81. The Morgan fingerprint density at radius 1 is 1.19 bits per heavy atom. The van der Waals surface area contributed by atoms with Crippen LogP contribution in [0.15, 0.2) is 46.9 Å². The van der Waals surface area contributed by atoms with Gasteiger partial charge in [0.2, 0.25) is 11.8 Å². The number of non-ortho nitro benzene ring substituents is 1. The smallest absolute Gasteiger partial charge is 0.303 e. The highest BCUT2D eigenvalue weighted by Crippen LogP contribution is 2.31. The summed E-state index contributed by atoms with van der Waals surface area (Å²) >= 11 is 0. The highest BCUT2D eigenvalue weighted by molar-refractivity contribution is 5.95. The van der Waals surface area contributed by atoms with Crippen molar-refractivity contribution in [1.29, 1.82) is 0 Å². The van der Waals surface area contributed by atoms with E-state index in [9.17, 15) is 19.7 Å². The molecule has 1 aromatic heterocycles. The first-order valence-corrected chi connectivity index (χ1v) is 8.10. The van der Waals surface area contributed by atoms with Crippen molar-refractivity contribution >= 4 is 34.4 Å². The van der Waals surface area contributed by atoms with E-state index in [1.165, 1.54) is 18.2 Å². The van der Waals surface area contributed by atoms with Gasteiger partial charge in [-0.3, -0.25) is 19.7 Å². The van der Waals surface area contributed by atoms with Gasteiger partial charge in [-0.05, 0) is 24.6 Å². The maximum Gasteiger partial charge on any atom is 0.303 e. The van der Waals surface area contributed by atoms with E-state index in [1.54, 1.807) is 24.3 Å². The lowest BCUT2D eigenvalue weighted by molar-refractivity contribution is -0.384. The van der Waals surface area contributed by atoms with Crippen molar-refractivity contribution in [2.24, 2.45) is 0 Å². The van der Waals surface area contributed by atoms with Gasteiger partial charge in [-0.2, -0.15) is 0 Å². The normalized spacial score (nSPS) is 10.7. The third kappa shape index (κ3) is 4.27. The molecule has 1 heterocycles. The minimum Gasteiger partial charge on any atom is -0.481 e. The molecule has 0 bridgehead atoms. The number of nitro benzene ring substituents is 1. The molecule has 138 valence electrons. The number of rotatable bonds is 7. The summed E-state index contributed by atoms with van der Waals surface area (Å²) in [5.41, 5.74) is 1.60. The molecule has 0 saturated carbocycles. The Hall–Kier alpha value is -3.75. The molecule has 2 aromatic carbocycles. The maximum absolute atomic E-state index is 12.0. The molecule has 9 nitrogen and oxygen atoms in total. The predicted molar refractivity (Wildman–Crippen MR) is 96.2 cm³/mol. The molecular weight excluding hydrogens is 354 g/mol. The quantitative estimate of drug-likeness (QED) is 0.479. The molecule has 3 aromatic rings. The molecule has 0 radical (unpaired) electrons. The molecule has 0 aliphatic carbocycles. The van der Waals surface area contributed by atoms with Gasteiger partial charge in [0.1, 0.15) is 5.52 Å². The number of nitrogens with one attached hydrogen (secondary N) is 1. The van der Waals surface area contributed by atoms with E-state index >= 15 is 0 Å². The van der Waals surface area contributed by atoms with Crippen molar-refractivity contribution < 1.29 is 24.0 Å². The van der Waals surface area contributed by atoms with Gasteiger partial charge in [0.15, 0.2) is 5.58 Å². The van der Waals surface area contributed by atoms with Crippen LogP contribution in [0, 0.1) is 10.1 Å². The van der Waals surface area contributed by atoms with Crippen LogP contribution >= 0.6 is 0 Å². The van der Waals surface area contributed by atoms with Crippen molar-refractivity contribution in [1.82, 2.24) is 4.98 Å². The van der Waals surface area contributed by atoms with E-state index in [-0.39, 0.29) is 36.7 Å².